The van der Waals surface area contributed by atoms with E-state index in [9.17, 15) is 18.0 Å². The van der Waals surface area contributed by atoms with Crippen molar-refractivity contribution < 1.29 is 17.9 Å². The van der Waals surface area contributed by atoms with Gasteiger partial charge in [-0.05, 0) is 31.9 Å². The fourth-order valence-electron chi connectivity index (χ4n) is 2.52. The van der Waals surface area contributed by atoms with Gasteiger partial charge in [0.05, 0.1) is 6.61 Å². The third-order valence-electron chi connectivity index (χ3n) is 3.78. The Balaban J connectivity index is 0.000000206. The van der Waals surface area contributed by atoms with Crippen LogP contribution in [0.4, 0.5) is 10.5 Å². The minimum absolute atomic E-state index is 0.0901. The van der Waals surface area contributed by atoms with Crippen LogP contribution in [-0.4, -0.2) is 48.5 Å². The molecule has 1 aromatic carbocycles. The second kappa shape index (κ2) is 9.67. The molecule has 1 aromatic heterocycles. The number of anilines is 1. The second-order valence-electron chi connectivity index (χ2n) is 5.59. The van der Waals surface area contributed by atoms with Crippen LogP contribution in [0.25, 0.3) is 0 Å². The zero-order valence-electron chi connectivity index (χ0n) is 15.1. The average Bonchev–Trinajstić information content (AvgIpc) is 3.27. The predicted octanol–water partition coefficient (Wildman–Crippen LogP) is 1.30. The number of ether oxygens (including phenoxy) is 1. The number of hydrogen-bond acceptors (Lipinski definition) is 7. The van der Waals surface area contributed by atoms with Crippen LogP contribution in [-0.2, 0) is 17.5 Å². The second-order valence-corrected chi connectivity index (χ2v) is 6.21. The van der Waals surface area contributed by atoms with Crippen LogP contribution in [0, 0.1) is 0 Å². The van der Waals surface area contributed by atoms with E-state index in [4.69, 9.17) is 4.74 Å². The maximum atomic E-state index is 11.4. The van der Waals surface area contributed by atoms with E-state index >= 15 is 0 Å². The zero-order chi connectivity index (χ0) is 19.8. The molecule has 0 bridgehead atoms. The number of nitrogens with zero attached hydrogens (tertiary/aromatic N) is 5. The van der Waals surface area contributed by atoms with E-state index in [1.54, 1.807) is 6.92 Å². The van der Waals surface area contributed by atoms with Crippen LogP contribution >= 0.6 is 0 Å². The van der Waals surface area contributed by atoms with Gasteiger partial charge in [-0.3, -0.25) is 0 Å². The summed E-state index contributed by atoms with van der Waals surface area (Å²) in [6, 6.07) is 9.27. The number of carbonyl (C=O) groups excluding carboxylic acids is 1. The molecular weight excluding hydrogens is 374 g/mol. The van der Waals surface area contributed by atoms with Crippen LogP contribution in [0.5, 0.6) is 6.01 Å². The maximum Gasteiger partial charge on any atom is 0.387 e. The molecule has 2 heterocycles. The fraction of sp³-hybridized carbons (Fsp3) is 0.438. The average molecular weight is 395 g/mol. The van der Waals surface area contributed by atoms with Gasteiger partial charge in [-0.25, -0.2) is 14.2 Å². The van der Waals surface area contributed by atoms with Gasteiger partial charge in [0, 0.05) is 25.8 Å². The van der Waals surface area contributed by atoms with Gasteiger partial charge < -0.3 is 9.64 Å². The Morgan fingerprint density at radius 1 is 1.22 bits per heavy atom. The normalized spacial score (nSPS) is 12.9. The summed E-state index contributed by atoms with van der Waals surface area (Å²) in [5, 5.41) is 3.48. The lowest BCUT2D eigenvalue weighted by atomic mass is 10.3. The highest BCUT2D eigenvalue weighted by atomic mass is 32.2. The molecule has 1 fully saturated rings. The van der Waals surface area contributed by atoms with E-state index in [-0.39, 0.29) is 12.6 Å². The lowest BCUT2D eigenvalue weighted by Gasteiger charge is -2.16. The molecule has 0 unspecified atom stereocenters. The molecule has 0 spiro atoms. The molecule has 3 rings (SSSR count). The third kappa shape index (κ3) is 5.51. The Kier molecular flexibility index (Phi) is 7.29. The highest BCUT2D eigenvalue weighted by Crippen LogP contribution is 2.18. The van der Waals surface area contributed by atoms with Gasteiger partial charge in [0.25, 0.3) is 0 Å². The minimum atomic E-state index is -2.93. The summed E-state index contributed by atoms with van der Waals surface area (Å²) in [4.78, 5) is 25.0. The Morgan fingerprint density at radius 3 is 2.41 bits per heavy atom. The van der Waals surface area contributed by atoms with Crippen molar-refractivity contribution in [1.29, 1.82) is 0 Å². The number of amides is 1. The highest BCUT2D eigenvalue weighted by Gasteiger charge is 2.16. The molecule has 146 valence electrons. The summed E-state index contributed by atoms with van der Waals surface area (Å²) in [5.74, 6) is 0. The Morgan fingerprint density at radius 2 is 1.85 bits per heavy atom. The molecule has 0 radical (unpaired) electrons. The van der Waals surface area contributed by atoms with E-state index in [0.29, 0.717) is 4.68 Å². The van der Waals surface area contributed by atoms with Gasteiger partial charge in [0.15, 0.2) is 0 Å². The summed E-state index contributed by atoms with van der Waals surface area (Å²) in [7, 11) is -1.60. The van der Waals surface area contributed by atoms with Crippen molar-refractivity contribution in [1.82, 2.24) is 14.3 Å². The van der Waals surface area contributed by atoms with Gasteiger partial charge in [-0.2, -0.15) is 8.42 Å². The molecule has 0 aliphatic carbocycles. The number of aromatic nitrogens is 3. The molecule has 10 nitrogen and oxygen atoms in total. The van der Waals surface area contributed by atoms with Crippen LogP contribution in [0.1, 0.15) is 19.8 Å². The fourth-order valence-corrected chi connectivity index (χ4v) is 2.72. The molecule has 27 heavy (non-hydrogen) atoms. The molecule has 1 aliphatic rings. The van der Waals surface area contributed by atoms with Crippen molar-refractivity contribution in [2.45, 2.75) is 19.8 Å². The van der Waals surface area contributed by atoms with Crippen LogP contribution in [0.2, 0.25) is 0 Å². The summed E-state index contributed by atoms with van der Waals surface area (Å²) in [6.45, 7) is 4.40. The molecule has 2 aromatic rings. The van der Waals surface area contributed by atoms with Gasteiger partial charge in [-0.1, -0.05) is 22.6 Å². The van der Waals surface area contributed by atoms with E-state index in [1.807, 2.05) is 0 Å². The molecule has 1 amide bonds. The number of para-hydroxylation sites is 1. The lowest BCUT2D eigenvalue weighted by molar-refractivity contribution is 0.246. The quantitative estimate of drug-likeness (QED) is 0.769. The monoisotopic (exact) mass is 395 g/mol. The van der Waals surface area contributed by atoms with Crippen LogP contribution in [0.3, 0.4) is 0 Å². The van der Waals surface area contributed by atoms with Crippen molar-refractivity contribution in [3.63, 3.8) is 0 Å². The van der Waals surface area contributed by atoms with E-state index in [2.05, 4.69) is 44.7 Å². The van der Waals surface area contributed by atoms with Gasteiger partial charge in [0.2, 0.25) is 0 Å². The van der Waals surface area contributed by atoms with Gasteiger partial charge in [0.1, 0.15) is 0 Å². The van der Waals surface area contributed by atoms with E-state index in [1.165, 1.54) is 38.7 Å². The van der Waals surface area contributed by atoms with Crippen molar-refractivity contribution in [2.75, 3.05) is 24.6 Å². The summed E-state index contributed by atoms with van der Waals surface area (Å²) in [6.07, 6.45) is 2.71. The molecule has 0 saturated carbocycles. The Bertz CT molecular complexity index is 951. The van der Waals surface area contributed by atoms with Crippen LogP contribution < -0.4 is 15.3 Å². The number of rotatable bonds is 3. The number of carbonyl (C=O) groups is 1. The molecular formula is C16H21N5O5S. The molecule has 11 heteroatoms. The lowest BCUT2D eigenvalue weighted by Crippen LogP contribution is -2.27. The Labute approximate surface area is 157 Å². The molecule has 0 N–H and O–H groups in total. The zero-order valence-corrected chi connectivity index (χ0v) is 15.9. The number of hydrogen-bond donors (Lipinski definition) is 0. The molecule has 0 atom stereocenters. The highest BCUT2D eigenvalue weighted by molar-refractivity contribution is 7.62. The first-order chi connectivity index (χ1) is 12.9. The van der Waals surface area contributed by atoms with Crippen molar-refractivity contribution in [3.05, 3.63) is 40.8 Å². The van der Waals surface area contributed by atoms with Gasteiger partial charge in [-0.15, -0.1) is 9.78 Å². The minimum Gasteiger partial charge on any atom is -0.464 e. The number of benzene rings is 1. The topological polar surface area (TPSA) is 116 Å². The largest absolute Gasteiger partial charge is 0.464 e. The van der Waals surface area contributed by atoms with Crippen molar-refractivity contribution in [3.8, 4) is 6.01 Å². The summed E-state index contributed by atoms with van der Waals surface area (Å²) < 4.78 is 29.1. The van der Waals surface area contributed by atoms with Crippen LogP contribution in [0.15, 0.2) is 39.5 Å². The van der Waals surface area contributed by atoms with E-state index in [0.717, 1.165) is 4.57 Å². The van der Waals surface area contributed by atoms with E-state index < -0.39 is 22.2 Å². The van der Waals surface area contributed by atoms with Crippen molar-refractivity contribution in [2.24, 2.45) is 11.4 Å². The van der Waals surface area contributed by atoms with Gasteiger partial charge >= 0.3 is 28.2 Å². The third-order valence-corrected chi connectivity index (χ3v) is 4.08. The standard InChI is InChI=1S/C10H13N.C6H8N4O5S/c1-2-6-10(7-3-1)11-8-4-5-9-11;1-3-15-5-7-10(6(12)9(5)2)4(11)8-16(13)14/h1-3,6-7H,4-5,8-9H2;3H2,1-2H3. The maximum absolute atomic E-state index is 11.4. The SMILES string of the molecule is CCOc1nn(C(=O)N=S(=O)=O)c(=O)n1C.c1ccc(N2CCCC2)cc1. The first-order valence-electron chi connectivity index (χ1n) is 8.38. The summed E-state index contributed by atoms with van der Waals surface area (Å²) >= 11 is 0. The Hall–Kier alpha value is -2.95. The smallest absolute Gasteiger partial charge is 0.387 e. The predicted molar refractivity (Wildman–Crippen MR) is 98.7 cm³/mol. The summed E-state index contributed by atoms with van der Waals surface area (Å²) in [5.41, 5.74) is 0.549. The first-order valence-corrected chi connectivity index (χ1v) is 9.41. The molecule has 1 saturated heterocycles. The first kappa shape index (κ1) is 20.4. The molecule has 1 aliphatic heterocycles. The van der Waals surface area contributed by atoms with Crippen molar-refractivity contribution >= 4 is 22.2 Å².